The smallest absolute Gasteiger partial charge is 0.137 e. The van der Waals surface area contributed by atoms with Crippen LogP contribution in [0.2, 0.25) is 0 Å². The van der Waals surface area contributed by atoms with E-state index >= 15 is 0 Å². The van der Waals surface area contributed by atoms with Crippen molar-refractivity contribution < 1.29 is 20.1 Å². The van der Waals surface area contributed by atoms with Gasteiger partial charge in [-0.2, -0.15) is 0 Å². The molecule has 0 bridgehead atoms. The first-order valence-electron chi connectivity index (χ1n) is 9.94. The van der Waals surface area contributed by atoms with E-state index in [0.29, 0.717) is 19.3 Å². The second-order valence-electron chi connectivity index (χ2n) is 9.73. The van der Waals surface area contributed by atoms with E-state index in [0.717, 1.165) is 25.7 Å². The summed E-state index contributed by atoms with van der Waals surface area (Å²) in [5, 5.41) is 31.5. The van der Waals surface area contributed by atoms with Gasteiger partial charge in [0.05, 0.1) is 17.8 Å². The number of carbonyl (C=O) groups is 1. The van der Waals surface area contributed by atoms with Crippen molar-refractivity contribution in [1.82, 2.24) is 0 Å². The first kappa shape index (κ1) is 17.7. The monoisotopic (exact) mass is 348 g/mol. The van der Waals surface area contributed by atoms with Crippen molar-refractivity contribution >= 4 is 5.78 Å². The van der Waals surface area contributed by atoms with Crippen molar-refractivity contribution in [3.8, 4) is 0 Å². The molecule has 140 valence electrons. The van der Waals surface area contributed by atoms with Crippen LogP contribution in [0.1, 0.15) is 65.7 Å². The number of Topliss-reactive ketones (excluding diaryl/α,β-unsaturated/α-hetero) is 1. The van der Waals surface area contributed by atoms with Gasteiger partial charge in [0.1, 0.15) is 5.78 Å². The molecule has 4 nitrogen and oxygen atoms in total. The Labute approximate surface area is 150 Å². The third-order valence-corrected chi connectivity index (χ3v) is 8.68. The Balaban J connectivity index is 1.75. The van der Waals surface area contributed by atoms with Crippen LogP contribution >= 0.6 is 0 Å². The molecule has 0 amide bonds. The maximum atomic E-state index is 13.3. The Morgan fingerprint density at radius 1 is 1.24 bits per heavy atom. The minimum Gasteiger partial charge on any atom is -0.393 e. The number of aliphatic hydroxyl groups excluding tert-OH is 2. The summed E-state index contributed by atoms with van der Waals surface area (Å²) < 4.78 is 0. The van der Waals surface area contributed by atoms with Crippen LogP contribution < -0.4 is 0 Å². The maximum absolute atomic E-state index is 13.3. The van der Waals surface area contributed by atoms with E-state index in [1.54, 1.807) is 6.92 Å². The Morgan fingerprint density at radius 3 is 2.64 bits per heavy atom. The summed E-state index contributed by atoms with van der Waals surface area (Å²) in [4.78, 5) is 13.3. The summed E-state index contributed by atoms with van der Waals surface area (Å²) >= 11 is 0. The SMILES string of the molecule is CC(O)[C@@]1(O)CC[C@H]2[C@@H]3CC=C4CC(O)CC[C@]4(C)[C@H]3C(=O)C[C@@]21C. The fraction of sp³-hybridized carbons (Fsp3) is 0.857. The largest absolute Gasteiger partial charge is 0.393 e. The van der Waals surface area contributed by atoms with Gasteiger partial charge in [0, 0.05) is 17.8 Å². The molecule has 4 rings (SSSR count). The molecule has 3 saturated carbocycles. The van der Waals surface area contributed by atoms with E-state index in [4.69, 9.17) is 0 Å². The molecule has 4 aliphatic rings. The molecule has 0 aromatic rings. The van der Waals surface area contributed by atoms with E-state index in [9.17, 15) is 20.1 Å². The molecule has 2 unspecified atom stereocenters. The summed E-state index contributed by atoms with van der Waals surface area (Å²) in [6, 6.07) is 0. The third kappa shape index (κ3) is 2.14. The molecule has 0 radical (unpaired) electrons. The number of fused-ring (bicyclic) bond motifs is 5. The molecule has 4 aliphatic carbocycles. The van der Waals surface area contributed by atoms with Gasteiger partial charge in [-0.05, 0) is 62.7 Å². The Morgan fingerprint density at radius 2 is 1.96 bits per heavy atom. The lowest BCUT2D eigenvalue weighted by Crippen LogP contribution is -2.60. The number of hydrogen-bond donors (Lipinski definition) is 3. The Hall–Kier alpha value is -0.710. The van der Waals surface area contributed by atoms with E-state index in [-0.39, 0.29) is 35.1 Å². The zero-order chi connectivity index (χ0) is 18.2. The highest BCUT2D eigenvalue weighted by Gasteiger charge is 2.67. The Bertz CT molecular complexity index is 625. The number of allylic oxidation sites excluding steroid dienone is 1. The van der Waals surface area contributed by atoms with Crippen LogP contribution in [0, 0.1) is 28.6 Å². The standard InChI is InChI=1S/C21H32O4/c1-12(22)21(25)9-7-16-15-5-4-13-10-14(23)6-8-19(13,2)18(15)17(24)11-20(16,21)3/h4,12,14-16,18,22-23,25H,5-11H2,1-3H3/t12?,14?,15-,16-,18+,19-,20-,21-/m0/s1. The van der Waals surface area contributed by atoms with Crippen LogP contribution in [0.25, 0.3) is 0 Å². The topological polar surface area (TPSA) is 77.8 Å². The lowest BCUT2D eigenvalue weighted by Gasteiger charge is -2.58. The molecule has 8 atom stereocenters. The molecule has 0 saturated heterocycles. The third-order valence-electron chi connectivity index (χ3n) is 8.68. The number of hydrogen-bond acceptors (Lipinski definition) is 4. The van der Waals surface area contributed by atoms with Gasteiger partial charge >= 0.3 is 0 Å². The van der Waals surface area contributed by atoms with E-state index < -0.39 is 17.1 Å². The highest BCUT2D eigenvalue weighted by molar-refractivity contribution is 5.85. The molecule has 3 N–H and O–H groups in total. The average molecular weight is 348 g/mol. The average Bonchev–Trinajstić information content (AvgIpc) is 2.80. The summed E-state index contributed by atoms with van der Waals surface area (Å²) in [6.45, 7) is 5.91. The van der Waals surface area contributed by atoms with Gasteiger partial charge in [-0.25, -0.2) is 0 Å². The molecule has 0 heterocycles. The van der Waals surface area contributed by atoms with E-state index in [2.05, 4.69) is 13.0 Å². The number of carbonyl (C=O) groups excluding carboxylic acids is 1. The van der Waals surface area contributed by atoms with Crippen molar-refractivity contribution in [2.45, 2.75) is 83.5 Å². The molecule has 0 aliphatic heterocycles. The summed E-state index contributed by atoms with van der Waals surface area (Å²) in [6.07, 6.45) is 6.22. The summed E-state index contributed by atoms with van der Waals surface area (Å²) in [7, 11) is 0. The molecule has 0 spiro atoms. The highest BCUT2D eigenvalue weighted by atomic mass is 16.3. The van der Waals surface area contributed by atoms with Crippen LogP contribution in [0.3, 0.4) is 0 Å². The number of ketones is 1. The van der Waals surface area contributed by atoms with Crippen LogP contribution in [0.4, 0.5) is 0 Å². The van der Waals surface area contributed by atoms with Gasteiger partial charge in [0.25, 0.3) is 0 Å². The molecule has 0 aromatic carbocycles. The first-order chi connectivity index (χ1) is 11.6. The van der Waals surface area contributed by atoms with Crippen molar-refractivity contribution in [1.29, 1.82) is 0 Å². The lowest BCUT2D eigenvalue weighted by molar-refractivity contribution is -0.177. The van der Waals surface area contributed by atoms with Gasteiger partial charge in [-0.1, -0.05) is 25.5 Å². The van der Waals surface area contributed by atoms with E-state index in [1.807, 2.05) is 6.92 Å². The second kappa shape index (κ2) is 5.40. The minimum atomic E-state index is -1.16. The van der Waals surface area contributed by atoms with Gasteiger partial charge < -0.3 is 15.3 Å². The number of aliphatic hydroxyl groups is 3. The van der Waals surface area contributed by atoms with Crippen LogP contribution in [0.5, 0.6) is 0 Å². The summed E-state index contributed by atoms with van der Waals surface area (Å²) in [5.41, 5.74) is -0.555. The normalized spacial score (nSPS) is 53.5. The van der Waals surface area contributed by atoms with Crippen molar-refractivity contribution in [2.24, 2.45) is 28.6 Å². The number of rotatable bonds is 1. The zero-order valence-corrected chi connectivity index (χ0v) is 15.7. The predicted molar refractivity (Wildman–Crippen MR) is 94.7 cm³/mol. The van der Waals surface area contributed by atoms with Crippen molar-refractivity contribution in [2.75, 3.05) is 0 Å². The summed E-state index contributed by atoms with van der Waals surface area (Å²) in [5.74, 6) is 0.794. The van der Waals surface area contributed by atoms with E-state index in [1.165, 1.54) is 5.57 Å². The minimum absolute atomic E-state index is 0.00873. The van der Waals surface area contributed by atoms with Gasteiger partial charge in [-0.3, -0.25) is 4.79 Å². The molecule has 25 heavy (non-hydrogen) atoms. The molecular formula is C21H32O4. The molecule has 4 heteroatoms. The van der Waals surface area contributed by atoms with Crippen LogP contribution in [-0.4, -0.2) is 38.9 Å². The van der Waals surface area contributed by atoms with Crippen LogP contribution in [-0.2, 0) is 4.79 Å². The van der Waals surface area contributed by atoms with Crippen molar-refractivity contribution in [3.63, 3.8) is 0 Å². The van der Waals surface area contributed by atoms with Gasteiger partial charge in [0.2, 0.25) is 0 Å². The second-order valence-corrected chi connectivity index (χ2v) is 9.73. The van der Waals surface area contributed by atoms with Gasteiger partial charge in [-0.15, -0.1) is 0 Å². The fourth-order valence-corrected chi connectivity index (χ4v) is 7.19. The highest BCUT2D eigenvalue weighted by Crippen LogP contribution is 2.66. The Kier molecular flexibility index (Phi) is 3.82. The zero-order valence-electron chi connectivity index (χ0n) is 15.7. The predicted octanol–water partition coefficient (Wildman–Crippen LogP) is 2.60. The molecular weight excluding hydrogens is 316 g/mol. The lowest BCUT2D eigenvalue weighted by atomic mass is 9.46. The van der Waals surface area contributed by atoms with Gasteiger partial charge in [0.15, 0.2) is 0 Å². The molecule has 3 fully saturated rings. The first-order valence-corrected chi connectivity index (χ1v) is 9.94. The molecule has 0 aromatic heterocycles. The van der Waals surface area contributed by atoms with Crippen LogP contribution in [0.15, 0.2) is 11.6 Å². The quantitative estimate of drug-likeness (QED) is 0.637. The fourth-order valence-electron chi connectivity index (χ4n) is 7.19. The maximum Gasteiger partial charge on any atom is 0.137 e. The van der Waals surface area contributed by atoms with Crippen molar-refractivity contribution in [3.05, 3.63) is 11.6 Å².